The highest BCUT2D eigenvalue weighted by Crippen LogP contribution is 2.03. The predicted octanol–water partition coefficient (Wildman–Crippen LogP) is 2.19. The van der Waals surface area contributed by atoms with Gasteiger partial charge in [0.2, 0.25) is 0 Å². The summed E-state index contributed by atoms with van der Waals surface area (Å²) in [6, 6.07) is 2.84. The first-order valence-electron chi connectivity index (χ1n) is 7.47. The predicted molar refractivity (Wildman–Crippen MR) is 81.3 cm³/mol. The standard InChI is InChI=1S/C15H30N4/c1-6-14-11-15(19(5)17-14)12-16-9-7-8-10-18(4)13(2)3/h11,13,16H,6-10,12H2,1-5H3. The summed E-state index contributed by atoms with van der Waals surface area (Å²) in [6.07, 6.45) is 3.50. The van der Waals surface area contributed by atoms with E-state index < -0.39 is 0 Å². The molecule has 1 heterocycles. The van der Waals surface area contributed by atoms with E-state index in [-0.39, 0.29) is 0 Å². The molecule has 110 valence electrons. The van der Waals surface area contributed by atoms with Gasteiger partial charge >= 0.3 is 0 Å². The average molecular weight is 266 g/mol. The fraction of sp³-hybridized carbons (Fsp3) is 0.800. The second kappa shape index (κ2) is 8.33. The highest BCUT2D eigenvalue weighted by molar-refractivity contribution is 5.09. The topological polar surface area (TPSA) is 33.1 Å². The first-order chi connectivity index (χ1) is 9.04. The molecule has 0 aliphatic carbocycles. The molecule has 19 heavy (non-hydrogen) atoms. The van der Waals surface area contributed by atoms with Gasteiger partial charge in [-0.1, -0.05) is 6.92 Å². The number of nitrogens with one attached hydrogen (secondary N) is 1. The zero-order valence-electron chi connectivity index (χ0n) is 13.2. The quantitative estimate of drug-likeness (QED) is 0.696. The number of aryl methyl sites for hydroxylation is 2. The molecule has 0 saturated heterocycles. The summed E-state index contributed by atoms with van der Waals surface area (Å²) in [4.78, 5) is 2.40. The van der Waals surface area contributed by atoms with Crippen LogP contribution in [0.1, 0.15) is 45.0 Å². The molecule has 1 N–H and O–H groups in total. The van der Waals surface area contributed by atoms with E-state index in [1.54, 1.807) is 0 Å². The van der Waals surface area contributed by atoms with E-state index in [9.17, 15) is 0 Å². The Balaban J connectivity index is 2.12. The minimum atomic E-state index is 0.648. The normalized spacial score (nSPS) is 11.7. The number of hydrogen-bond acceptors (Lipinski definition) is 3. The highest BCUT2D eigenvalue weighted by Gasteiger charge is 2.04. The van der Waals surface area contributed by atoms with Gasteiger partial charge in [-0.2, -0.15) is 5.10 Å². The molecule has 0 unspecified atom stereocenters. The Bertz CT molecular complexity index is 357. The Morgan fingerprint density at radius 1 is 1.37 bits per heavy atom. The van der Waals surface area contributed by atoms with E-state index in [0.29, 0.717) is 6.04 Å². The maximum atomic E-state index is 4.46. The van der Waals surface area contributed by atoms with Crippen LogP contribution in [-0.2, 0) is 20.0 Å². The van der Waals surface area contributed by atoms with E-state index in [4.69, 9.17) is 0 Å². The van der Waals surface area contributed by atoms with Crippen LogP contribution in [0.25, 0.3) is 0 Å². The number of hydrogen-bond donors (Lipinski definition) is 1. The second-order valence-corrected chi connectivity index (χ2v) is 5.56. The Kier molecular flexibility index (Phi) is 7.10. The van der Waals surface area contributed by atoms with E-state index in [1.807, 2.05) is 11.7 Å². The lowest BCUT2D eigenvalue weighted by molar-refractivity contribution is 0.268. The third-order valence-corrected chi connectivity index (χ3v) is 3.69. The molecular formula is C15H30N4. The van der Waals surface area contributed by atoms with Crippen molar-refractivity contribution in [2.75, 3.05) is 20.1 Å². The minimum Gasteiger partial charge on any atom is -0.311 e. The van der Waals surface area contributed by atoms with Crippen molar-refractivity contribution in [3.8, 4) is 0 Å². The molecule has 0 amide bonds. The summed E-state index contributed by atoms with van der Waals surface area (Å²) >= 11 is 0. The molecule has 0 saturated carbocycles. The van der Waals surface area contributed by atoms with Gasteiger partial charge in [0.1, 0.15) is 0 Å². The minimum absolute atomic E-state index is 0.648. The second-order valence-electron chi connectivity index (χ2n) is 5.56. The molecule has 0 aromatic carbocycles. The summed E-state index contributed by atoms with van der Waals surface area (Å²) in [5.74, 6) is 0. The summed E-state index contributed by atoms with van der Waals surface area (Å²) in [6.45, 7) is 9.82. The molecule has 0 atom stereocenters. The van der Waals surface area contributed by atoms with Crippen LogP contribution in [0, 0.1) is 0 Å². The average Bonchev–Trinajstić information content (AvgIpc) is 2.74. The van der Waals surface area contributed by atoms with Crippen molar-refractivity contribution in [3.05, 3.63) is 17.5 Å². The lowest BCUT2D eigenvalue weighted by atomic mass is 10.2. The van der Waals surface area contributed by atoms with E-state index in [0.717, 1.165) is 19.5 Å². The summed E-state index contributed by atoms with van der Waals surface area (Å²) in [5, 5.41) is 7.96. The van der Waals surface area contributed by atoms with Crippen molar-refractivity contribution in [1.82, 2.24) is 20.0 Å². The van der Waals surface area contributed by atoms with Crippen LogP contribution in [0.3, 0.4) is 0 Å². The monoisotopic (exact) mass is 266 g/mol. The van der Waals surface area contributed by atoms with Crippen LogP contribution in [0.2, 0.25) is 0 Å². The molecule has 0 aliphatic rings. The van der Waals surface area contributed by atoms with Crippen LogP contribution >= 0.6 is 0 Å². The van der Waals surface area contributed by atoms with E-state index in [1.165, 1.54) is 30.8 Å². The lowest BCUT2D eigenvalue weighted by Crippen LogP contribution is -2.27. The van der Waals surface area contributed by atoms with Crippen LogP contribution in [0.15, 0.2) is 6.07 Å². The Hall–Kier alpha value is -0.870. The first-order valence-corrected chi connectivity index (χ1v) is 7.47. The van der Waals surface area contributed by atoms with Crippen molar-refractivity contribution in [3.63, 3.8) is 0 Å². The summed E-state index contributed by atoms with van der Waals surface area (Å²) in [7, 11) is 4.22. The maximum Gasteiger partial charge on any atom is 0.0625 e. The zero-order valence-corrected chi connectivity index (χ0v) is 13.2. The van der Waals surface area contributed by atoms with Crippen LogP contribution in [0.5, 0.6) is 0 Å². The van der Waals surface area contributed by atoms with Gasteiger partial charge in [0.05, 0.1) is 11.4 Å². The number of rotatable bonds is 9. The van der Waals surface area contributed by atoms with Gasteiger partial charge in [0.15, 0.2) is 0 Å². The Morgan fingerprint density at radius 3 is 2.68 bits per heavy atom. The molecule has 0 bridgehead atoms. The smallest absolute Gasteiger partial charge is 0.0625 e. The molecule has 0 spiro atoms. The molecule has 1 aromatic heterocycles. The number of aromatic nitrogens is 2. The Labute approximate surface area is 118 Å². The van der Waals surface area contributed by atoms with Gasteiger partial charge in [-0.3, -0.25) is 4.68 Å². The van der Waals surface area contributed by atoms with Crippen LogP contribution in [0.4, 0.5) is 0 Å². The van der Waals surface area contributed by atoms with Crippen LogP contribution in [-0.4, -0.2) is 40.9 Å². The van der Waals surface area contributed by atoms with Crippen molar-refractivity contribution in [2.24, 2.45) is 7.05 Å². The number of unbranched alkanes of at least 4 members (excludes halogenated alkanes) is 1. The summed E-state index contributed by atoms with van der Waals surface area (Å²) < 4.78 is 1.98. The van der Waals surface area contributed by atoms with Gasteiger partial charge in [-0.15, -0.1) is 0 Å². The van der Waals surface area contributed by atoms with Gasteiger partial charge in [-0.25, -0.2) is 0 Å². The molecule has 4 heteroatoms. The van der Waals surface area contributed by atoms with Gasteiger partial charge in [0.25, 0.3) is 0 Å². The fourth-order valence-electron chi connectivity index (χ4n) is 2.00. The lowest BCUT2D eigenvalue weighted by Gasteiger charge is -2.20. The van der Waals surface area contributed by atoms with Crippen molar-refractivity contribution < 1.29 is 0 Å². The maximum absolute atomic E-state index is 4.46. The van der Waals surface area contributed by atoms with Gasteiger partial charge in [0, 0.05) is 19.6 Å². The molecule has 4 nitrogen and oxygen atoms in total. The van der Waals surface area contributed by atoms with E-state index in [2.05, 4.69) is 49.2 Å². The van der Waals surface area contributed by atoms with E-state index >= 15 is 0 Å². The van der Waals surface area contributed by atoms with Gasteiger partial charge < -0.3 is 10.2 Å². The molecule has 1 rings (SSSR count). The molecule has 0 fully saturated rings. The van der Waals surface area contributed by atoms with Gasteiger partial charge in [-0.05, 0) is 59.3 Å². The largest absolute Gasteiger partial charge is 0.311 e. The first kappa shape index (κ1) is 16.2. The third-order valence-electron chi connectivity index (χ3n) is 3.69. The number of nitrogens with zero attached hydrogens (tertiary/aromatic N) is 3. The van der Waals surface area contributed by atoms with Crippen LogP contribution < -0.4 is 5.32 Å². The third kappa shape index (κ3) is 5.74. The fourth-order valence-corrected chi connectivity index (χ4v) is 2.00. The SMILES string of the molecule is CCc1cc(CNCCCCN(C)C(C)C)n(C)n1. The molecule has 0 radical (unpaired) electrons. The molecular weight excluding hydrogens is 236 g/mol. The highest BCUT2D eigenvalue weighted by atomic mass is 15.3. The van der Waals surface area contributed by atoms with Crippen molar-refractivity contribution >= 4 is 0 Å². The Morgan fingerprint density at radius 2 is 2.11 bits per heavy atom. The summed E-state index contributed by atoms with van der Waals surface area (Å²) in [5.41, 5.74) is 2.45. The molecule has 1 aromatic rings. The van der Waals surface area contributed by atoms with Crippen molar-refractivity contribution in [1.29, 1.82) is 0 Å². The molecule has 0 aliphatic heterocycles. The zero-order chi connectivity index (χ0) is 14.3. The van der Waals surface area contributed by atoms with Crippen molar-refractivity contribution in [2.45, 2.75) is 52.6 Å².